The summed E-state index contributed by atoms with van der Waals surface area (Å²) in [7, 11) is 0. The number of nitrogens with one attached hydrogen (secondary N) is 2. The van der Waals surface area contributed by atoms with Gasteiger partial charge in [-0.2, -0.15) is 5.10 Å². The van der Waals surface area contributed by atoms with Crippen LogP contribution >= 0.6 is 11.6 Å². The van der Waals surface area contributed by atoms with E-state index in [1.165, 1.54) is 17.3 Å². The van der Waals surface area contributed by atoms with Crippen molar-refractivity contribution in [3.63, 3.8) is 0 Å². The summed E-state index contributed by atoms with van der Waals surface area (Å²) in [6.07, 6.45) is 7.99. The second-order valence-corrected chi connectivity index (χ2v) is 4.24. The number of anilines is 1. The minimum atomic E-state index is -0.219. The molecule has 102 valence electrons. The van der Waals surface area contributed by atoms with Crippen LogP contribution < -0.4 is 10.6 Å². The van der Waals surface area contributed by atoms with Gasteiger partial charge in [0.05, 0.1) is 23.8 Å². The van der Waals surface area contributed by atoms with Crippen LogP contribution in [0.5, 0.6) is 0 Å². The molecular weight excluding hydrogens is 278 g/mol. The van der Waals surface area contributed by atoms with Gasteiger partial charge in [-0.15, -0.1) is 6.42 Å². The smallest absolute Gasteiger partial charge is 0.238 e. The van der Waals surface area contributed by atoms with Crippen molar-refractivity contribution >= 4 is 23.2 Å². The number of terminal acetylenes is 1. The van der Waals surface area contributed by atoms with Crippen molar-refractivity contribution in [1.29, 1.82) is 0 Å². The van der Waals surface area contributed by atoms with Gasteiger partial charge in [0.1, 0.15) is 18.3 Å². The van der Waals surface area contributed by atoms with E-state index in [9.17, 15) is 4.79 Å². The highest BCUT2D eigenvalue weighted by atomic mass is 35.5. The zero-order valence-electron chi connectivity index (χ0n) is 10.5. The maximum Gasteiger partial charge on any atom is 0.238 e. The van der Waals surface area contributed by atoms with Gasteiger partial charge in [0.25, 0.3) is 0 Å². The number of benzene rings is 1. The largest absolute Gasteiger partial charge is 0.323 e. The molecule has 0 aliphatic carbocycles. The molecule has 1 heterocycles. The van der Waals surface area contributed by atoms with E-state index in [0.717, 1.165) is 0 Å². The number of amides is 1. The fourth-order valence-corrected chi connectivity index (χ4v) is 1.88. The topological polar surface area (TPSA) is 71.8 Å². The average Bonchev–Trinajstić information content (AvgIpc) is 2.93. The first-order valence-electron chi connectivity index (χ1n) is 5.80. The number of hydrogen-bond donors (Lipinski definition) is 2. The number of rotatable bonds is 5. The van der Waals surface area contributed by atoms with E-state index in [1.54, 1.807) is 18.2 Å². The standard InChI is InChI=1S/C13H12ClN5O/c1-2-6-15-7-12(20)18-11-5-3-4-10(14)13(11)19-9-16-8-17-19/h1,3-5,8-9,15H,6-7H2,(H,18,20). The molecule has 1 aromatic heterocycles. The lowest BCUT2D eigenvalue weighted by Crippen LogP contribution is -2.28. The summed E-state index contributed by atoms with van der Waals surface area (Å²) in [5.41, 5.74) is 1.12. The van der Waals surface area contributed by atoms with Gasteiger partial charge < -0.3 is 5.32 Å². The van der Waals surface area contributed by atoms with E-state index >= 15 is 0 Å². The highest BCUT2D eigenvalue weighted by Gasteiger charge is 2.12. The van der Waals surface area contributed by atoms with E-state index in [-0.39, 0.29) is 12.5 Å². The molecule has 0 aliphatic rings. The molecular formula is C13H12ClN5O. The van der Waals surface area contributed by atoms with Gasteiger partial charge in [0.2, 0.25) is 5.91 Å². The Bertz CT molecular complexity index is 633. The number of carbonyl (C=O) groups excluding carboxylic acids is 1. The van der Waals surface area contributed by atoms with E-state index in [1.807, 2.05) is 0 Å². The summed E-state index contributed by atoms with van der Waals surface area (Å²) in [5.74, 6) is 2.18. The van der Waals surface area contributed by atoms with Gasteiger partial charge in [-0.1, -0.05) is 23.6 Å². The molecule has 1 aromatic carbocycles. The minimum absolute atomic E-state index is 0.119. The molecule has 0 aliphatic heterocycles. The second-order valence-electron chi connectivity index (χ2n) is 3.83. The lowest BCUT2D eigenvalue weighted by molar-refractivity contribution is -0.115. The molecule has 0 fully saturated rings. The Morgan fingerprint density at radius 2 is 2.35 bits per heavy atom. The van der Waals surface area contributed by atoms with E-state index in [4.69, 9.17) is 18.0 Å². The zero-order valence-corrected chi connectivity index (χ0v) is 11.3. The third kappa shape index (κ3) is 3.35. The lowest BCUT2D eigenvalue weighted by Gasteiger charge is -2.12. The molecule has 6 nitrogen and oxygen atoms in total. The fraction of sp³-hybridized carbons (Fsp3) is 0.154. The Morgan fingerprint density at radius 1 is 1.50 bits per heavy atom. The molecule has 20 heavy (non-hydrogen) atoms. The highest BCUT2D eigenvalue weighted by Crippen LogP contribution is 2.27. The van der Waals surface area contributed by atoms with Gasteiger partial charge in [-0.25, -0.2) is 9.67 Å². The molecule has 0 radical (unpaired) electrons. The molecule has 0 saturated carbocycles. The summed E-state index contributed by atoms with van der Waals surface area (Å²) in [5, 5.41) is 10.0. The molecule has 2 N–H and O–H groups in total. The number of nitrogens with zero attached hydrogens (tertiary/aromatic N) is 3. The third-order valence-electron chi connectivity index (χ3n) is 2.42. The molecule has 0 spiro atoms. The molecule has 0 atom stereocenters. The average molecular weight is 290 g/mol. The first-order chi connectivity index (χ1) is 9.72. The summed E-state index contributed by atoms with van der Waals surface area (Å²) in [6, 6.07) is 5.19. The van der Waals surface area contributed by atoms with Crippen molar-refractivity contribution in [1.82, 2.24) is 20.1 Å². The summed E-state index contributed by atoms with van der Waals surface area (Å²) in [6.45, 7) is 0.451. The SMILES string of the molecule is C#CCNCC(=O)Nc1cccc(Cl)c1-n1cncn1. The van der Waals surface area contributed by atoms with Crippen molar-refractivity contribution in [2.24, 2.45) is 0 Å². The quantitative estimate of drug-likeness (QED) is 0.638. The van der Waals surface area contributed by atoms with Gasteiger partial charge in [-0.05, 0) is 12.1 Å². The summed E-state index contributed by atoms with van der Waals surface area (Å²) < 4.78 is 1.49. The van der Waals surface area contributed by atoms with Gasteiger partial charge in [0.15, 0.2) is 0 Å². The van der Waals surface area contributed by atoms with Crippen molar-refractivity contribution in [2.45, 2.75) is 0 Å². The lowest BCUT2D eigenvalue weighted by atomic mass is 10.2. The highest BCUT2D eigenvalue weighted by molar-refractivity contribution is 6.33. The molecule has 0 unspecified atom stereocenters. The zero-order chi connectivity index (χ0) is 14.4. The predicted molar refractivity (Wildman–Crippen MR) is 76.7 cm³/mol. The van der Waals surface area contributed by atoms with Gasteiger partial charge >= 0.3 is 0 Å². The van der Waals surface area contributed by atoms with Crippen LogP contribution in [0.2, 0.25) is 5.02 Å². The summed E-state index contributed by atoms with van der Waals surface area (Å²) >= 11 is 6.15. The van der Waals surface area contributed by atoms with Crippen LogP contribution in [0.25, 0.3) is 5.69 Å². The second kappa shape index (κ2) is 6.70. The van der Waals surface area contributed by atoms with Crippen LogP contribution in [0, 0.1) is 12.3 Å². The Labute approximate surface area is 121 Å². The maximum absolute atomic E-state index is 11.8. The Hall–Kier alpha value is -2.36. The Balaban J connectivity index is 2.18. The van der Waals surface area contributed by atoms with Gasteiger partial charge in [-0.3, -0.25) is 10.1 Å². The summed E-state index contributed by atoms with van der Waals surface area (Å²) in [4.78, 5) is 15.7. The van der Waals surface area contributed by atoms with Crippen LogP contribution in [-0.2, 0) is 4.79 Å². The van der Waals surface area contributed by atoms with Crippen molar-refractivity contribution in [3.05, 3.63) is 35.9 Å². The Kier molecular flexibility index (Phi) is 4.71. The number of carbonyl (C=O) groups is 1. The monoisotopic (exact) mass is 289 g/mol. The van der Waals surface area contributed by atoms with Gasteiger partial charge in [0, 0.05) is 0 Å². The first-order valence-corrected chi connectivity index (χ1v) is 6.17. The van der Waals surface area contributed by atoms with E-state index in [0.29, 0.717) is 22.9 Å². The number of para-hydroxylation sites is 1. The Morgan fingerprint density at radius 3 is 3.05 bits per heavy atom. The van der Waals surface area contributed by atoms with Crippen LogP contribution in [0.3, 0.4) is 0 Å². The van der Waals surface area contributed by atoms with Crippen LogP contribution in [0.15, 0.2) is 30.9 Å². The molecule has 2 rings (SSSR count). The fourth-order valence-electron chi connectivity index (χ4n) is 1.62. The maximum atomic E-state index is 11.8. The number of aromatic nitrogens is 3. The van der Waals surface area contributed by atoms with Crippen molar-refractivity contribution in [2.75, 3.05) is 18.4 Å². The minimum Gasteiger partial charge on any atom is -0.323 e. The van der Waals surface area contributed by atoms with E-state index in [2.05, 4.69) is 26.6 Å². The number of halogens is 1. The molecule has 0 bridgehead atoms. The van der Waals surface area contributed by atoms with Crippen molar-refractivity contribution in [3.8, 4) is 18.0 Å². The van der Waals surface area contributed by atoms with Crippen LogP contribution in [0.4, 0.5) is 5.69 Å². The molecule has 2 aromatic rings. The van der Waals surface area contributed by atoms with Crippen molar-refractivity contribution < 1.29 is 4.79 Å². The molecule has 0 saturated heterocycles. The van der Waals surface area contributed by atoms with Crippen LogP contribution in [0.1, 0.15) is 0 Å². The van der Waals surface area contributed by atoms with E-state index < -0.39 is 0 Å². The molecule has 7 heteroatoms. The van der Waals surface area contributed by atoms with Crippen LogP contribution in [-0.4, -0.2) is 33.8 Å². The third-order valence-corrected chi connectivity index (χ3v) is 2.73. The molecule has 1 amide bonds. The predicted octanol–water partition coefficient (Wildman–Crippen LogP) is 1.08. The first kappa shape index (κ1) is 14.1. The normalized spacial score (nSPS) is 10.0. The number of hydrogen-bond acceptors (Lipinski definition) is 4.